The van der Waals surface area contributed by atoms with Crippen molar-refractivity contribution in [1.29, 1.82) is 0 Å². The molecule has 1 aromatic heterocycles. The number of hydrogen-bond acceptors (Lipinski definition) is 8. The molecular weight excluding hydrogens is 480 g/mol. The SMILES string of the molecule is O=C(Nc1nc2c(s1)CN(C(=O)c1ccc(S(=O)(=O)N3CCOCC3)cc1)CC2)C1CCCO1. The van der Waals surface area contributed by atoms with E-state index in [0.29, 0.717) is 69.5 Å². The summed E-state index contributed by atoms with van der Waals surface area (Å²) < 4.78 is 37.7. The van der Waals surface area contributed by atoms with E-state index in [-0.39, 0.29) is 16.7 Å². The maximum absolute atomic E-state index is 13.1. The predicted molar refractivity (Wildman–Crippen MR) is 124 cm³/mol. The standard InChI is InChI=1S/C22H26N4O6S2/c27-20(18-2-1-11-32-18)24-22-23-17-7-8-25(14-19(17)33-22)21(28)15-3-5-16(6-4-15)34(29,30)26-9-12-31-13-10-26/h3-6,18H,1-2,7-14H2,(H,23,24,27). The number of sulfonamides is 1. The van der Waals surface area contributed by atoms with Crippen LogP contribution in [0.5, 0.6) is 0 Å². The Labute approximate surface area is 201 Å². The number of nitrogens with one attached hydrogen (secondary N) is 1. The number of carbonyl (C=O) groups excluding carboxylic acids is 2. The summed E-state index contributed by atoms with van der Waals surface area (Å²) in [4.78, 5) is 32.7. The Hall–Kier alpha value is -2.38. The highest BCUT2D eigenvalue weighted by Crippen LogP contribution is 2.30. The second-order valence-electron chi connectivity index (χ2n) is 8.40. The monoisotopic (exact) mass is 506 g/mol. The molecular formula is C22H26N4O6S2. The largest absolute Gasteiger partial charge is 0.379 e. The van der Waals surface area contributed by atoms with Gasteiger partial charge in [-0.1, -0.05) is 11.3 Å². The molecule has 2 fully saturated rings. The van der Waals surface area contributed by atoms with Crippen LogP contribution in [0.4, 0.5) is 5.13 Å². The number of anilines is 1. The van der Waals surface area contributed by atoms with Gasteiger partial charge in [0.1, 0.15) is 6.10 Å². The normalized spacial score (nSPS) is 21.3. The summed E-state index contributed by atoms with van der Waals surface area (Å²) in [5.74, 6) is -0.344. The number of amides is 2. The van der Waals surface area contributed by atoms with E-state index in [2.05, 4.69) is 10.3 Å². The second kappa shape index (κ2) is 9.70. The van der Waals surface area contributed by atoms with E-state index in [9.17, 15) is 18.0 Å². The van der Waals surface area contributed by atoms with Crippen molar-refractivity contribution in [3.05, 3.63) is 40.4 Å². The van der Waals surface area contributed by atoms with Gasteiger partial charge in [-0.15, -0.1) is 0 Å². The van der Waals surface area contributed by atoms with Crippen molar-refractivity contribution < 1.29 is 27.5 Å². The molecule has 0 aliphatic carbocycles. The van der Waals surface area contributed by atoms with Crippen LogP contribution in [0.1, 0.15) is 33.8 Å². The number of nitrogens with zero attached hydrogens (tertiary/aromatic N) is 3. The zero-order chi connectivity index (χ0) is 23.7. The average Bonchev–Trinajstić information content (AvgIpc) is 3.54. The van der Waals surface area contributed by atoms with Crippen molar-refractivity contribution in [1.82, 2.24) is 14.2 Å². The van der Waals surface area contributed by atoms with Crippen LogP contribution in [-0.2, 0) is 37.3 Å². The molecule has 0 spiro atoms. The number of fused-ring (bicyclic) bond motifs is 1. The smallest absolute Gasteiger partial charge is 0.255 e. The highest BCUT2D eigenvalue weighted by atomic mass is 32.2. The molecule has 1 atom stereocenters. The van der Waals surface area contributed by atoms with Crippen LogP contribution in [0.15, 0.2) is 29.2 Å². The first kappa shape index (κ1) is 23.4. The third-order valence-electron chi connectivity index (χ3n) is 6.18. The minimum Gasteiger partial charge on any atom is -0.379 e. The first-order valence-electron chi connectivity index (χ1n) is 11.3. The van der Waals surface area contributed by atoms with Crippen molar-refractivity contribution in [2.24, 2.45) is 0 Å². The molecule has 4 heterocycles. The Bertz CT molecular complexity index is 1170. The van der Waals surface area contributed by atoms with E-state index in [4.69, 9.17) is 9.47 Å². The van der Waals surface area contributed by atoms with Crippen LogP contribution in [0.25, 0.3) is 0 Å². The number of carbonyl (C=O) groups is 2. The summed E-state index contributed by atoms with van der Waals surface area (Å²) in [5, 5.41) is 3.36. The molecule has 12 heteroatoms. The van der Waals surface area contributed by atoms with Crippen LogP contribution < -0.4 is 5.32 Å². The van der Waals surface area contributed by atoms with Gasteiger partial charge in [-0.25, -0.2) is 13.4 Å². The number of benzene rings is 1. The number of morpholine rings is 1. The molecule has 0 bridgehead atoms. The number of hydrogen-bond donors (Lipinski definition) is 1. The van der Waals surface area contributed by atoms with Crippen LogP contribution in [0.3, 0.4) is 0 Å². The second-order valence-corrected chi connectivity index (χ2v) is 11.4. The van der Waals surface area contributed by atoms with Crippen molar-refractivity contribution in [3.8, 4) is 0 Å². The van der Waals surface area contributed by atoms with Crippen molar-refractivity contribution in [2.75, 3.05) is 44.8 Å². The lowest BCUT2D eigenvalue weighted by atomic mass is 10.1. The fraction of sp³-hybridized carbons (Fsp3) is 0.500. The minimum absolute atomic E-state index is 0.167. The summed E-state index contributed by atoms with van der Waals surface area (Å²) in [6.45, 7) is 2.91. The third-order valence-corrected chi connectivity index (χ3v) is 9.09. The molecule has 10 nitrogen and oxygen atoms in total. The number of rotatable bonds is 5. The Balaban J connectivity index is 1.24. The Kier molecular flexibility index (Phi) is 6.67. The summed E-state index contributed by atoms with van der Waals surface area (Å²) in [7, 11) is -3.60. The summed E-state index contributed by atoms with van der Waals surface area (Å²) in [6, 6.07) is 6.09. The Morgan fingerprint density at radius 1 is 1.09 bits per heavy atom. The van der Waals surface area contributed by atoms with Gasteiger partial charge in [0.25, 0.3) is 11.8 Å². The van der Waals surface area contributed by atoms with Gasteiger partial charge in [-0.3, -0.25) is 14.9 Å². The van der Waals surface area contributed by atoms with Gasteiger partial charge in [0.05, 0.1) is 30.3 Å². The highest BCUT2D eigenvalue weighted by Gasteiger charge is 2.29. The fourth-order valence-electron chi connectivity index (χ4n) is 4.28. The first-order valence-corrected chi connectivity index (χ1v) is 13.6. The summed E-state index contributed by atoms with van der Waals surface area (Å²) >= 11 is 1.37. The minimum atomic E-state index is -3.60. The van der Waals surface area contributed by atoms with Crippen LogP contribution in [0.2, 0.25) is 0 Å². The van der Waals surface area contributed by atoms with E-state index in [0.717, 1.165) is 17.0 Å². The number of ether oxygens (including phenoxy) is 2. The maximum atomic E-state index is 13.1. The summed E-state index contributed by atoms with van der Waals surface area (Å²) in [6.07, 6.45) is 1.76. The molecule has 0 saturated carbocycles. The first-order chi connectivity index (χ1) is 16.4. The highest BCUT2D eigenvalue weighted by molar-refractivity contribution is 7.89. The topological polar surface area (TPSA) is 118 Å². The average molecular weight is 507 g/mol. The molecule has 5 rings (SSSR count). The lowest BCUT2D eigenvalue weighted by Gasteiger charge is -2.27. The van der Waals surface area contributed by atoms with Gasteiger partial charge in [-0.2, -0.15) is 4.31 Å². The Morgan fingerprint density at radius 2 is 1.85 bits per heavy atom. The van der Waals surface area contributed by atoms with E-state index >= 15 is 0 Å². The molecule has 182 valence electrons. The lowest BCUT2D eigenvalue weighted by molar-refractivity contribution is -0.124. The molecule has 2 aromatic rings. The van der Waals surface area contributed by atoms with Gasteiger partial charge >= 0.3 is 0 Å². The van der Waals surface area contributed by atoms with E-state index in [1.807, 2.05) is 0 Å². The third kappa shape index (κ3) is 4.73. The molecule has 3 aliphatic rings. The molecule has 1 aromatic carbocycles. The molecule has 0 radical (unpaired) electrons. The predicted octanol–water partition coefficient (Wildman–Crippen LogP) is 1.48. The molecule has 1 unspecified atom stereocenters. The summed E-state index contributed by atoms with van der Waals surface area (Å²) in [5.41, 5.74) is 1.32. The molecule has 34 heavy (non-hydrogen) atoms. The van der Waals surface area contributed by atoms with Gasteiger partial charge in [0.2, 0.25) is 10.0 Å². The quantitative estimate of drug-likeness (QED) is 0.653. The zero-order valence-corrected chi connectivity index (χ0v) is 20.2. The maximum Gasteiger partial charge on any atom is 0.255 e. The van der Waals surface area contributed by atoms with E-state index in [1.54, 1.807) is 17.0 Å². The molecule has 1 N–H and O–H groups in total. The number of thiazole rings is 1. The zero-order valence-electron chi connectivity index (χ0n) is 18.6. The van der Waals surface area contributed by atoms with Crippen molar-refractivity contribution in [2.45, 2.75) is 36.8 Å². The van der Waals surface area contributed by atoms with E-state index in [1.165, 1.54) is 27.8 Å². The van der Waals surface area contributed by atoms with Gasteiger partial charge in [0, 0.05) is 43.1 Å². The van der Waals surface area contributed by atoms with Crippen molar-refractivity contribution in [3.63, 3.8) is 0 Å². The van der Waals surface area contributed by atoms with Gasteiger partial charge in [-0.05, 0) is 37.1 Å². The molecule has 3 aliphatic heterocycles. The fourth-order valence-corrected chi connectivity index (χ4v) is 6.72. The molecule has 2 saturated heterocycles. The van der Waals surface area contributed by atoms with E-state index < -0.39 is 16.1 Å². The van der Waals surface area contributed by atoms with Crippen LogP contribution in [-0.4, -0.2) is 80.0 Å². The van der Waals surface area contributed by atoms with Gasteiger partial charge in [0.15, 0.2) is 5.13 Å². The molecule has 2 amide bonds. The van der Waals surface area contributed by atoms with Crippen molar-refractivity contribution >= 4 is 38.3 Å². The van der Waals surface area contributed by atoms with Crippen LogP contribution in [0, 0.1) is 0 Å². The number of aromatic nitrogens is 1. The van der Waals surface area contributed by atoms with Crippen LogP contribution >= 0.6 is 11.3 Å². The lowest BCUT2D eigenvalue weighted by Crippen LogP contribution is -2.40. The Morgan fingerprint density at radius 3 is 2.56 bits per heavy atom. The van der Waals surface area contributed by atoms with Gasteiger partial charge < -0.3 is 14.4 Å².